The van der Waals surface area contributed by atoms with E-state index >= 15 is 0 Å². The van der Waals surface area contributed by atoms with Gasteiger partial charge >= 0.3 is 5.97 Å². The predicted octanol–water partition coefficient (Wildman–Crippen LogP) is 4.90. The smallest absolute Gasteiger partial charge is 0.312 e. The first-order valence-electron chi connectivity index (χ1n) is 15.5. The van der Waals surface area contributed by atoms with E-state index in [2.05, 4.69) is 13.2 Å². The topological polar surface area (TPSA) is 96.4 Å². The van der Waals surface area contributed by atoms with Crippen LogP contribution in [0.15, 0.2) is 43.5 Å². The summed E-state index contributed by atoms with van der Waals surface area (Å²) < 4.78 is 12.6. The number of allylic oxidation sites excluding steroid dienone is 1. The Morgan fingerprint density at radius 1 is 1.14 bits per heavy atom. The average molecular weight is 581 g/mol. The van der Waals surface area contributed by atoms with Crippen molar-refractivity contribution in [3.8, 4) is 0 Å². The summed E-state index contributed by atoms with van der Waals surface area (Å²) in [5.74, 6) is -2.49. The van der Waals surface area contributed by atoms with Crippen molar-refractivity contribution in [1.29, 1.82) is 0 Å². The molecule has 3 unspecified atom stereocenters. The number of rotatable bonds is 15. The molecule has 0 radical (unpaired) electrons. The van der Waals surface area contributed by atoms with E-state index in [1.807, 2.05) is 45.9 Å². The van der Waals surface area contributed by atoms with Crippen LogP contribution in [0.1, 0.15) is 69.9 Å². The number of fused-ring (bicyclic) bond motifs is 1. The fourth-order valence-corrected chi connectivity index (χ4v) is 7.65. The van der Waals surface area contributed by atoms with Gasteiger partial charge in [-0.15, -0.1) is 13.2 Å². The van der Waals surface area contributed by atoms with Crippen LogP contribution in [0.2, 0.25) is 0 Å². The maximum atomic E-state index is 14.8. The van der Waals surface area contributed by atoms with Gasteiger partial charge in [-0.1, -0.05) is 50.1 Å². The molecule has 1 aromatic carbocycles. The number of aliphatic hydroxyl groups is 1. The third-order valence-corrected chi connectivity index (χ3v) is 9.69. The number of unbranched alkanes of at least 4 members (excludes halogenated alkanes) is 4. The van der Waals surface area contributed by atoms with Crippen LogP contribution in [0.3, 0.4) is 0 Å². The van der Waals surface area contributed by atoms with Gasteiger partial charge in [-0.05, 0) is 69.9 Å². The molecule has 3 saturated heterocycles. The molecule has 3 fully saturated rings. The van der Waals surface area contributed by atoms with Crippen LogP contribution >= 0.6 is 0 Å². The fourth-order valence-electron chi connectivity index (χ4n) is 7.65. The van der Waals surface area contributed by atoms with E-state index in [1.165, 1.54) is 0 Å². The third kappa shape index (κ3) is 5.44. The largest absolute Gasteiger partial charge is 0.465 e. The van der Waals surface area contributed by atoms with E-state index < -0.39 is 35.0 Å². The second kappa shape index (κ2) is 13.1. The Morgan fingerprint density at radius 2 is 1.83 bits per heavy atom. The highest BCUT2D eigenvalue weighted by Gasteiger charge is 2.80. The van der Waals surface area contributed by atoms with E-state index in [4.69, 9.17) is 9.47 Å². The molecule has 8 heteroatoms. The lowest BCUT2D eigenvalue weighted by Crippen LogP contribution is -2.57. The van der Waals surface area contributed by atoms with E-state index in [-0.39, 0.29) is 37.5 Å². The molecule has 0 saturated carbocycles. The molecule has 230 valence electrons. The molecule has 0 aromatic heterocycles. The third-order valence-electron chi connectivity index (χ3n) is 9.69. The lowest BCUT2D eigenvalue weighted by molar-refractivity contribution is -0.161. The van der Waals surface area contributed by atoms with Crippen molar-refractivity contribution >= 4 is 23.5 Å². The predicted molar refractivity (Wildman–Crippen MR) is 163 cm³/mol. The second-order valence-corrected chi connectivity index (χ2v) is 12.4. The zero-order valence-electron chi connectivity index (χ0n) is 25.8. The fraction of sp³-hybridized carbons (Fsp3) is 0.618. The first-order chi connectivity index (χ1) is 20.1. The summed E-state index contributed by atoms with van der Waals surface area (Å²) in [7, 11) is 0. The molecule has 6 atom stereocenters. The Labute approximate surface area is 250 Å². The zero-order chi connectivity index (χ0) is 30.7. The second-order valence-electron chi connectivity index (χ2n) is 12.4. The summed E-state index contributed by atoms with van der Waals surface area (Å²) in [6.07, 6.45) is 8.42. The SMILES string of the molecule is C=CCCCOC(=O)[C@@H]1[C@H]2C(=O)N(CCCCCCO)C(C(=O)N(CC=C)c3c(C)cccc3C)C23CC(C)[C@@]1(C)O3. The Kier molecular flexibility index (Phi) is 9.99. The quantitative estimate of drug-likeness (QED) is 0.180. The van der Waals surface area contributed by atoms with Crippen LogP contribution in [-0.4, -0.2) is 71.3 Å². The van der Waals surface area contributed by atoms with Gasteiger partial charge in [0, 0.05) is 25.4 Å². The van der Waals surface area contributed by atoms with Crippen molar-refractivity contribution < 1.29 is 29.0 Å². The van der Waals surface area contributed by atoms with Crippen molar-refractivity contribution in [3.63, 3.8) is 0 Å². The number of anilines is 1. The molecule has 2 bridgehead atoms. The summed E-state index contributed by atoms with van der Waals surface area (Å²) in [5.41, 5.74) is 0.675. The number of ether oxygens (including phenoxy) is 2. The summed E-state index contributed by atoms with van der Waals surface area (Å²) in [5, 5.41) is 9.21. The minimum atomic E-state index is -1.13. The highest BCUT2D eigenvalue weighted by molar-refractivity contribution is 6.05. The monoisotopic (exact) mass is 580 g/mol. The Bertz CT molecular complexity index is 1180. The molecular weight excluding hydrogens is 532 g/mol. The maximum absolute atomic E-state index is 14.8. The molecule has 3 aliphatic heterocycles. The number of benzene rings is 1. The van der Waals surface area contributed by atoms with Crippen molar-refractivity contribution in [2.45, 2.75) is 89.9 Å². The van der Waals surface area contributed by atoms with Gasteiger partial charge in [0.2, 0.25) is 5.91 Å². The highest BCUT2D eigenvalue weighted by Crippen LogP contribution is 2.65. The number of nitrogens with zero attached hydrogens (tertiary/aromatic N) is 2. The van der Waals surface area contributed by atoms with Gasteiger partial charge in [-0.3, -0.25) is 14.4 Å². The van der Waals surface area contributed by atoms with Gasteiger partial charge in [0.1, 0.15) is 17.6 Å². The van der Waals surface area contributed by atoms with Gasteiger partial charge < -0.3 is 24.4 Å². The van der Waals surface area contributed by atoms with Crippen LogP contribution < -0.4 is 4.90 Å². The van der Waals surface area contributed by atoms with E-state index in [0.29, 0.717) is 32.2 Å². The van der Waals surface area contributed by atoms with Crippen LogP contribution in [0.4, 0.5) is 5.69 Å². The van der Waals surface area contributed by atoms with Crippen LogP contribution in [0.5, 0.6) is 0 Å². The molecule has 3 heterocycles. The van der Waals surface area contributed by atoms with Crippen LogP contribution in [0.25, 0.3) is 0 Å². The van der Waals surface area contributed by atoms with Crippen molar-refractivity contribution in [2.75, 3.05) is 31.2 Å². The normalized spacial score (nSPS) is 29.5. The maximum Gasteiger partial charge on any atom is 0.312 e. The summed E-state index contributed by atoms with van der Waals surface area (Å²) in [6, 6.07) is 5.04. The molecule has 8 nitrogen and oxygen atoms in total. The molecule has 1 spiro atoms. The summed E-state index contributed by atoms with van der Waals surface area (Å²) in [6.45, 7) is 16.6. The lowest BCUT2D eigenvalue weighted by Gasteiger charge is -2.38. The Morgan fingerprint density at radius 3 is 2.48 bits per heavy atom. The molecule has 0 aliphatic carbocycles. The summed E-state index contributed by atoms with van der Waals surface area (Å²) in [4.78, 5) is 46.3. The van der Waals surface area contributed by atoms with Crippen molar-refractivity contribution in [2.24, 2.45) is 17.8 Å². The number of esters is 1. The number of likely N-dealkylation sites (tertiary alicyclic amines) is 1. The van der Waals surface area contributed by atoms with Crippen LogP contribution in [0, 0.1) is 31.6 Å². The minimum absolute atomic E-state index is 0.0554. The molecule has 2 amide bonds. The average Bonchev–Trinajstić information content (AvgIpc) is 3.46. The van der Waals surface area contributed by atoms with Crippen molar-refractivity contribution in [1.82, 2.24) is 4.90 Å². The zero-order valence-corrected chi connectivity index (χ0v) is 25.8. The molecule has 3 aliphatic rings. The number of para-hydroxylation sites is 1. The number of hydrogen-bond acceptors (Lipinski definition) is 6. The first-order valence-corrected chi connectivity index (χ1v) is 15.5. The molecule has 4 rings (SSSR count). The number of carbonyl (C=O) groups is 3. The van der Waals surface area contributed by atoms with Gasteiger partial charge in [0.05, 0.1) is 18.1 Å². The van der Waals surface area contributed by atoms with E-state index in [1.54, 1.807) is 22.0 Å². The highest BCUT2D eigenvalue weighted by atomic mass is 16.6. The van der Waals surface area contributed by atoms with E-state index in [0.717, 1.165) is 36.1 Å². The van der Waals surface area contributed by atoms with Crippen LogP contribution in [-0.2, 0) is 23.9 Å². The number of amides is 2. The first kappa shape index (κ1) is 32.0. The number of aliphatic hydroxyl groups excluding tert-OH is 1. The molecule has 1 N–H and O–H groups in total. The van der Waals surface area contributed by atoms with Gasteiger partial charge in [-0.2, -0.15) is 0 Å². The van der Waals surface area contributed by atoms with Gasteiger partial charge in [0.15, 0.2) is 0 Å². The van der Waals surface area contributed by atoms with E-state index in [9.17, 15) is 19.5 Å². The number of carbonyl (C=O) groups excluding carboxylic acids is 3. The summed E-state index contributed by atoms with van der Waals surface area (Å²) >= 11 is 0. The number of aryl methyl sites for hydroxylation is 2. The van der Waals surface area contributed by atoms with Gasteiger partial charge in [0.25, 0.3) is 5.91 Å². The lowest BCUT2D eigenvalue weighted by atomic mass is 9.62. The minimum Gasteiger partial charge on any atom is -0.465 e. The van der Waals surface area contributed by atoms with Crippen molar-refractivity contribution in [3.05, 3.63) is 54.6 Å². The number of hydrogen-bond donors (Lipinski definition) is 1. The Hall–Kier alpha value is -2.97. The van der Waals surface area contributed by atoms with Gasteiger partial charge in [-0.25, -0.2) is 0 Å². The molecule has 1 aromatic rings. The molecule has 42 heavy (non-hydrogen) atoms. The molecular formula is C34H48N2O6. The Balaban J connectivity index is 1.76. The standard InChI is InChI=1S/C34H48N2O6/c1-7-9-14-21-41-32(40)27-26-30(38)36(19-12-10-11-13-20-37)29(34(26)22-25(5)33(27,6)42-34)31(39)35(18-8-2)28-23(3)16-15-17-24(28)4/h7-8,15-17,25-27,29,37H,1-2,9-14,18-22H2,3-6H3/t25?,26-,27-,29?,33+,34?/m0/s1.